The molecule has 35 heavy (non-hydrogen) atoms. The number of hydrogen-bond acceptors (Lipinski definition) is 9. The molecular formula is C24H32INO9. The number of Topliss-reactive ketones (excluding diaryl/α,β-unsaturated/α-hetero) is 1. The molecule has 4 rings (SSSR count). The number of fused-ring (bicyclic) bond motifs is 5. The normalized spacial score (nSPS) is 40.1. The Kier molecular flexibility index (Phi) is 7.33. The summed E-state index contributed by atoms with van der Waals surface area (Å²) in [6, 6.07) is 0. The van der Waals surface area contributed by atoms with E-state index in [1.165, 1.54) is 0 Å². The van der Waals surface area contributed by atoms with Gasteiger partial charge in [-0.1, -0.05) is 35.1 Å². The number of esters is 1. The minimum atomic E-state index is -1.71. The van der Waals surface area contributed by atoms with Crippen LogP contribution in [0.5, 0.6) is 0 Å². The molecule has 0 aliphatic heterocycles. The first kappa shape index (κ1) is 26.5. The van der Waals surface area contributed by atoms with Gasteiger partial charge in [-0.3, -0.25) is 14.4 Å². The molecule has 4 aliphatic carbocycles. The Morgan fingerprint density at radius 3 is 2.74 bits per heavy atom. The third-order valence-electron chi connectivity index (χ3n) is 9.03. The summed E-state index contributed by atoms with van der Waals surface area (Å²) in [7, 11) is 0. The summed E-state index contributed by atoms with van der Waals surface area (Å²) < 4.78 is 4.78. The Hall–Kier alpha value is -1.60. The molecule has 0 amide bonds. The van der Waals surface area contributed by atoms with E-state index in [0.717, 1.165) is 18.4 Å². The van der Waals surface area contributed by atoms with E-state index in [1.807, 2.05) is 6.92 Å². The lowest BCUT2D eigenvalue weighted by atomic mass is 9.49. The third kappa shape index (κ3) is 4.52. The van der Waals surface area contributed by atoms with Crippen molar-refractivity contribution < 1.29 is 39.3 Å². The summed E-state index contributed by atoms with van der Waals surface area (Å²) in [5.41, 5.74) is -1.46. The van der Waals surface area contributed by atoms with E-state index in [2.05, 4.69) is 27.4 Å². The minimum absolute atomic E-state index is 0.0330. The number of aliphatic hydroxyl groups is 2. The van der Waals surface area contributed by atoms with Gasteiger partial charge in [0.1, 0.15) is 5.60 Å². The standard InChI is InChI=1S/C24H32INO9/c1-22-12-18(28)21-16(5-4-14-11-15(27)6-8-23(14,21)25)17(22)7-9-24(22,31)19(29)13-34-20(30)3-2-10-35-26(32)33/h11,16-18,21,28,31H,2-10,12-13H2,1H3. The fourth-order valence-corrected chi connectivity index (χ4v) is 8.96. The molecule has 3 saturated carbocycles. The Labute approximate surface area is 217 Å². The van der Waals surface area contributed by atoms with E-state index in [4.69, 9.17) is 4.74 Å². The van der Waals surface area contributed by atoms with Crippen molar-refractivity contribution in [3.05, 3.63) is 21.8 Å². The van der Waals surface area contributed by atoms with Crippen LogP contribution in [0.15, 0.2) is 11.6 Å². The number of carbonyl (C=O) groups is 3. The molecule has 0 aromatic rings. The molecule has 0 heterocycles. The van der Waals surface area contributed by atoms with Crippen LogP contribution in [0.25, 0.3) is 0 Å². The first-order chi connectivity index (χ1) is 16.4. The average molecular weight is 605 g/mol. The quantitative estimate of drug-likeness (QED) is 0.106. The highest BCUT2D eigenvalue weighted by Crippen LogP contribution is 2.67. The zero-order chi connectivity index (χ0) is 25.6. The van der Waals surface area contributed by atoms with E-state index >= 15 is 0 Å². The second kappa shape index (κ2) is 9.70. The van der Waals surface area contributed by atoms with Gasteiger partial charge in [-0.2, -0.15) is 0 Å². The second-order valence-corrected chi connectivity index (χ2v) is 12.6. The van der Waals surface area contributed by atoms with Gasteiger partial charge in [0.2, 0.25) is 5.78 Å². The van der Waals surface area contributed by atoms with Crippen LogP contribution >= 0.6 is 22.6 Å². The molecule has 0 aromatic carbocycles. The molecule has 0 aromatic heterocycles. The molecule has 2 N–H and O–H groups in total. The van der Waals surface area contributed by atoms with E-state index in [-0.39, 0.29) is 59.2 Å². The van der Waals surface area contributed by atoms with Crippen LogP contribution in [-0.2, 0) is 24.0 Å². The predicted molar refractivity (Wildman–Crippen MR) is 130 cm³/mol. The van der Waals surface area contributed by atoms with E-state index in [1.54, 1.807) is 6.08 Å². The largest absolute Gasteiger partial charge is 0.458 e. The number of nitrogens with zero attached hydrogens (tertiary/aromatic N) is 1. The zero-order valence-corrected chi connectivity index (χ0v) is 21.9. The molecule has 194 valence electrons. The number of ketones is 2. The lowest BCUT2D eigenvalue weighted by Gasteiger charge is -2.59. The highest BCUT2D eigenvalue weighted by atomic mass is 127. The molecule has 4 aliphatic rings. The van der Waals surface area contributed by atoms with Crippen LogP contribution < -0.4 is 0 Å². The number of alkyl halides is 1. The second-order valence-electron chi connectivity index (χ2n) is 10.7. The highest BCUT2D eigenvalue weighted by molar-refractivity contribution is 14.1. The molecule has 0 radical (unpaired) electrons. The molecule has 7 atom stereocenters. The van der Waals surface area contributed by atoms with Crippen molar-refractivity contribution in [2.24, 2.45) is 23.2 Å². The third-order valence-corrected chi connectivity index (χ3v) is 11.0. The lowest BCUT2D eigenvalue weighted by Crippen LogP contribution is -2.63. The topological polar surface area (TPSA) is 153 Å². The number of rotatable bonds is 8. The summed E-state index contributed by atoms with van der Waals surface area (Å²) in [6.07, 6.45) is 4.87. The summed E-state index contributed by atoms with van der Waals surface area (Å²) in [4.78, 5) is 51.5. The Morgan fingerprint density at radius 2 is 2.03 bits per heavy atom. The van der Waals surface area contributed by atoms with Crippen molar-refractivity contribution in [3.63, 3.8) is 0 Å². The summed E-state index contributed by atoms with van der Waals surface area (Å²) in [5.74, 6) is -1.01. The molecule has 0 bridgehead atoms. The summed E-state index contributed by atoms with van der Waals surface area (Å²) >= 11 is 2.43. The van der Waals surface area contributed by atoms with Gasteiger partial charge in [0.25, 0.3) is 5.09 Å². The zero-order valence-electron chi connectivity index (χ0n) is 19.7. The average Bonchev–Trinajstić information content (AvgIpc) is 3.06. The molecule has 0 saturated heterocycles. The minimum Gasteiger partial charge on any atom is -0.458 e. The number of halogens is 1. The van der Waals surface area contributed by atoms with Gasteiger partial charge in [-0.15, -0.1) is 10.1 Å². The van der Waals surface area contributed by atoms with Gasteiger partial charge in [0, 0.05) is 27.6 Å². The van der Waals surface area contributed by atoms with Crippen molar-refractivity contribution in [2.45, 2.75) is 79.8 Å². The maximum absolute atomic E-state index is 13.2. The molecule has 10 nitrogen and oxygen atoms in total. The SMILES string of the molecule is CC12CC(O)C3C(CCC4=CC(=O)CCC43I)C1CCC2(O)C(=O)COC(=O)CCCO[N+](=O)[O-]. The van der Waals surface area contributed by atoms with E-state index in [9.17, 15) is 34.7 Å². The van der Waals surface area contributed by atoms with Crippen LogP contribution in [-0.4, -0.2) is 61.2 Å². The maximum Gasteiger partial charge on any atom is 0.306 e. The number of ether oxygens (including phenoxy) is 1. The first-order valence-corrected chi connectivity index (χ1v) is 13.3. The maximum atomic E-state index is 13.2. The summed E-state index contributed by atoms with van der Waals surface area (Å²) in [6.45, 7) is 1.04. The van der Waals surface area contributed by atoms with Crippen molar-refractivity contribution in [1.82, 2.24) is 0 Å². The monoisotopic (exact) mass is 605 g/mol. The Bertz CT molecular complexity index is 953. The van der Waals surface area contributed by atoms with E-state index < -0.39 is 40.6 Å². The lowest BCUT2D eigenvalue weighted by molar-refractivity contribution is -0.757. The highest BCUT2D eigenvalue weighted by Gasteiger charge is 2.68. The number of allylic oxidation sites excluding steroid dienone is 1. The van der Waals surface area contributed by atoms with Crippen molar-refractivity contribution >= 4 is 40.1 Å². The number of aliphatic hydroxyl groups excluding tert-OH is 1. The molecule has 7 unspecified atom stereocenters. The molecule has 3 fully saturated rings. The van der Waals surface area contributed by atoms with Crippen LogP contribution in [0.3, 0.4) is 0 Å². The summed E-state index contributed by atoms with van der Waals surface area (Å²) in [5, 5.41) is 32.2. The predicted octanol–water partition coefficient (Wildman–Crippen LogP) is 2.49. The van der Waals surface area contributed by atoms with Gasteiger partial charge in [0.05, 0.1) is 12.7 Å². The van der Waals surface area contributed by atoms with Crippen molar-refractivity contribution in [1.29, 1.82) is 0 Å². The van der Waals surface area contributed by atoms with Crippen molar-refractivity contribution in [3.8, 4) is 0 Å². The Balaban J connectivity index is 1.44. The van der Waals surface area contributed by atoms with Gasteiger partial charge in [0.15, 0.2) is 12.4 Å². The van der Waals surface area contributed by atoms with Crippen LogP contribution in [0.2, 0.25) is 0 Å². The fourth-order valence-electron chi connectivity index (χ4n) is 7.39. The molecule has 11 heteroatoms. The first-order valence-electron chi connectivity index (χ1n) is 12.2. The van der Waals surface area contributed by atoms with Crippen LogP contribution in [0, 0.1) is 33.3 Å². The fraction of sp³-hybridized carbons (Fsp3) is 0.792. The van der Waals surface area contributed by atoms with Crippen molar-refractivity contribution in [2.75, 3.05) is 13.2 Å². The van der Waals surface area contributed by atoms with Gasteiger partial charge >= 0.3 is 5.97 Å². The van der Waals surface area contributed by atoms with Crippen LogP contribution in [0.1, 0.15) is 64.7 Å². The molecule has 0 spiro atoms. The van der Waals surface area contributed by atoms with Gasteiger partial charge in [-0.25, -0.2) is 0 Å². The number of hydrogen-bond donors (Lipinski definition) is 2. The van der Waals surface area contributed by atoms with Gasteiger partial charge < -0.3 is 19.8 Å². The smallest absolute Gasteiger partial charge is 0.306 e. The van der Waals surface area contributed by atoms with E-state index in [0.29, 0.717) is 19.3 Å². The van der Waals surface area contributed by atoms with Crippen LogP contribution in [0.4, 0.5) is 0 Å². The van der Waals surface area contributed by atoms with Gasteiger partial charge in [-0.05, 0) is 62.9 Å². The molecular weight excluding hydrogens is 573 g/mol. The Morgan fingerprint density at radius 1 is 1.29 bits per heavy atom. The number of carbonyl (C=O) groups excluding carboxylic acids is 3.